The summed E-state index contributed by atoms with van der Waals surface area (Å²) in [6, 6.07) is 0. The Morgan fingerprint density at radius 3 is 2.33 bits per heavy atom. The molecule has 0 radical (unpaired) electrons. The van der Waals surface area contributed by atoms with Gasteiger partial charge in [-0.05, 0) is 12.8 Å². The van der Waals surface area contributed by atoms with Crippen LogP contribution >= 0.6 is 0 Å². The van der Waals surface area contributed by atoms with Gasteiger partial charge >= 0.3 is 0 Å². The fourth-order valence-corrected chi connectivity index (χ4v) is 0.804. The fraction of sp³-hybridized carbons (Fsp3) is 1.00. The molecule has 0 aliphatic rings. The van der Waals surface area contributed by atoms with E-state index in [9.17, 15) is 5.11 Å². The smallest absolute Gasteiger partial charge is 0.0753 e. The second kappa shape index (κ2) is 7.92. The number of quaternary nitrogens is 1. The van der Waals surface area contributed by atoms with Crippen molar-refractivity contribution in [2.45, 2.75) is 25.7 Å². The van der Waals surface area contributed by atoms with Gasteiger partial charge in [0.05, 0.1) is 13.6 Å². The topological polar surface area (TPSA) is 39.7 Å². The highest BCUT2D eigenvalue weighted by molar-refractivity contribution is 4.38. The van der Waals surface area contributed by atoms with Crippen molar-refractivity contribution in [3.8, 4) is 0 Å². The van der Waals surface area contributed by atoms with Crippen molar-refractivity contribution >= 4 is 0 Å². The third-order valence-electron chi connectivity index (χ3n) is 1.39. The number of hydrogen-bond donors (Lipinski definition) is 1. The molecule has 0 rings (SSSR count). The molecule has 0 heterocycles. The van der Waals surface area contributed by atoms with Gasteiger partial charge in [-0.2, -0.15) is 0 Å². The van der Waals surface area contributed by atoms with Crippen molar-refractivity contribution in [3.05, 3.63) is 0 Å². The molecule has 0 amide bonds. The summed E-state index contributed by atoms with van der Waals surface area (Å²) in [6.07, 6.45) is 4.48. The molecule has 2 heteroatoms. The molecule has 0 saturated heterocycles. The van der Waals surface area contributed by atoms with Crippen LogP contribution in [-0.4, -0.2) is 20.2 Å². The lowest BCUT2D eigenvalue weighted by Crippen LogP contribution is -2.79. The van der Waals surface area contributed by atoms with E-state index in [1.807, 2.05) is 0 Å². The highest BCUT2D eigenvalue weighted by Gasteiger charge is 1.85. The maximum Gasteiger partial charge on any atom is 0.0753 e. The molecule has 0 saturated carbocycles. The van der Waals surface area contributed by atoms with Crippen LogP contribution in [0.4, 0.5) is 0 Å². The molecule has 0 atom stereocenters. The molecular weight excluding hydrogens is 114 g/mol. The van der Waals surface area contributed by atoms with Crippen LogP contribution in [0.1, 0.15) is 25.7 Å². The summed E-state index contributed by atoms with van der Waals surface area (Å²) in [6.45, 7) is 1.31. The molecular formula is C7H17NO. The summed E-state index contributed by atoms with van der Waals surface area (Å²) < 4.78 is 0. The summed E-state index contributed by atoms with van der Waals surface area (Å²) >= 11 is 0. The fourth-order valence-electron chi connectivity index (χ4n) is 0.804. The van der Waals surface area contributed by atoms with E-state index in [0.717, 1.165) is 12.8 Å². The minimum Gasteiger partial charge on any atom is -0.854 e. The van der Waals surface area contributed by atoms with E-state index in [0.29, 0.717) is 0 Å². The third kappa shape index (κ3) is 7.92. The highest BCUT2D eigenvalue weighted by atomic mass is 16.2. The molecule has 0 aromatic rings. The lowest BCUT2D eigenvalue weighted by Gasteiger charge is -2.01. The first-order valence-corrected chi connectivity index (χ1v) is 3.77. The molecule has 0 spiro atoms. The van der Waals surface area contributed by atoms with Gasteiger partial charge in [0.25, 0.3) is 0 Å². The second-order valence-electron chi connectivity index (χ2n) is 2.32. The van der Waals surface area contributed by atoms with Crippen molar-refractivity contribution in [2.24, 2.45) is 0 Å². The van der Waals surface area contributed by atoms with Crippen LogP contribution in [-0.2, 0) is 0 Å². The van der Waals surface area contributed by atoms with Crippen molar-refractivity contribution in [2.75, 3.05) is 20.2 Å². The quantitative estimate of drug-likeness (QED) is 0.466. The van der Waals surface area contributed by atoms with Gasteiger partial charge in [-0.1, -0.05) is 12.8 Å². The normalized spacial score (nSPS) is 10.0. The molecule has 0 unspecified atom stereocenters. The van der Waals surface area contributed by atoms with Crippen molar-refractivity contribution in [1.82, 2.24) is 0 Å². The van der Waals surface area contributed by atoms with E-state index in [1.54, 1.807) is 0 Å². The maximum atomic E-state index is 9.95. The molecule has 0 aromatic heterocycles. The molecule has 0 bridgehead atoms. The number of unbranched alkanes of at least 4 members (excludes halogenated alkanes) is 3. The molecule has 0 fully saturated rings. The zero-order valence-corrected chi connectivity index (χ0v) is 6.23. The molecule has 0 aromatic carbocycles. The molecule has 2 N–H and O–H groups in total. The van der Waals surface area contributed by atoms with Gasteiger partial charge in [-0.25, -0.2) is 0 Å². The molecule has 0 aliphatic carbocycles. The first-order chi connectivity index (χ1) is 4.41. The predicted molar refractivity (Wildman–Crippen MR) is 36.1 cm³/mol. The largest absolute Gasteiger partial charge is 0.854 e. The van der Waals surface area contributed by atoms with Gasteiger partial charge in [0.2, 0.25) is 0 Å². The lowest BCUT2D eigenvalue weighted by molar-refractivity contribution is -0.627. The molecule has 9 heavy (non-hydrogen) atoms. The monoisotopic (exact) mass is 131 g/mol. The van der Waals surface area contributed by atoms with Crippen LogP contribution in [0.15, 0.2) is 0 Å². The van der Waals surface area contributed by atoms with Crippen LogP contribution in [0.5, 0.6) is 0 Å². The third-order valence-corrected chi connectivity index (χ3v) is 1.39. The zero-order chi connectivity index (χ0) is 6.95. The van der Waals surface area contributed by atoms with Gasteiger partial charge in [0, 0.05) is 0 Å². The number of hydrogen-bond acceptors (Lipinski definition) is 1. The second-order valence-corrected chi connectivity index (χ2v) is 2.32. The number of rotatable bonds is 6. The Kier molecular flexibility index (Phi) is 7.85. The summed E-state index contributed by atoms with van der Waals surface area (Å²) in [4.78, 5) is 0. The van der Waals surface area contributed by atoms with Gasteiger partial charge in [0.15, 0.2) is 0 Å². The predicted octanol–water partition coefficient (Wildman–Crippen LogP) is -0.900. The standard InChI is InChI=1S/C7H16NO/c1-8-6-4-2-3-5-7-9/h8H,2-7H2,1H3/q-1/p+1. The van der Waals surface area contributed by atoms with Crippen molar-refractivity contribution in [1.29, 1.82) is 0 Å². The Balaban J connectivity index is 2.60. The van der Waals surface area contributed by atoms with Crippen LogP contribution in [0.25, 0.3) is 0 Å². The van der Waals surface area contributed by atoms with Crippen molar-refractivity contribution in [3.63, 3.8) is 0 Å². The summed E-state index contributed by atoms with van der Waals surface area (Å²) in [7, 11) is 2.08. The summed E-state index contributed by atoms with van der Waals surface area (Å²) in [5, 5.41) is 12.1. The van der Waals surface area contributed by atoms with Gasteiger partial charge in [-0.3, -0.25) is 0 Å². The zero-order valence-electron chi connectivity index (χ0n) is 6.23. The van der Waals surface area contributed by atoms with E-state index >= 15 is 0 Å². The van der Waals surface area contributed by atoms with Crippen LogP contribution in [0.3, 0.4) is 0 Å². The highest BCUT2D eigenvalue weighted by Crippen LogP contribution is 1.95. The van der Waals surface area contributed by atoms with E-state index in [2.05, 4.69) is 12.4 Å². The first kappa shape index (κ1) is 8.92. The first-order valence-electron chi connectivity index (χ1n) is 3.77. The summed E-state index contributed by atoms with van der Waals surface area (Å²) in [5.74, 6) is 0. The Morgan fingerprint density at radius 2 is 1.78 bits per heavy atom. The molecule has 0 aliphatic heterocycles. The van der Waals surface area contributed by atoms with Crippen LogP contribution < -0.4 is 10.4 Å². The Morgan fingerprint density at radius 1 is 1.11 bits per heavy atom. The average Bonchev–Trinajstić information content (AvgIpc) is 1.89. The van der Waals surface area contributed by atoms with Gasteiger partial charge in [0.1, 0.15) is 0 Å². The number of nitrogens with two attached hydrogens (primary N) is 1. The maximum absolute atomic E-state index is 9.95. The van der Waals surface area contributed by atoms with E-state index < -0.39 is 0 Å². The molecule has 56 valence electrons. The van der Waals surface area contributed by atoms with E-state index in [1.165, 1.54) is 19.4 Å². The van der Waals surface area contributed by atoms with Crippen molar-refractivity contribution < 1.29 is 10.4 Å². The molecule has 2 nitrogen and oxygen atoms in total. The van der Waals surface area contributed by atoms with E-state index in [4.69, 9.17) is 0 Å². The van der Waals surface area contributed by atoms with Crippen LogP contribution in [0.2, 0.25) is 0 Å². The summed E-state index contributed by atoms with van der Waals surface area (Å²) in [5.41, 5.74) is 0. The van der Waals surface area contributed by atoms with Gasteiger partial charge in [-0.15, -0.1) is 6.61 Å². The SMILES string of the molecule is C[NH2+]CCCCCC[O-]. The van der Waals surface area contributed by atoms with Gasteiger partial charge < -0.3 is 10.4 Å². The van der Waals surface area contributed by atoms with Crippen LogP contribution in [0, 0.1) is 0 Å². The van der Waals surface area contributed by atoms with E-state index in [-0.39, 0.29) is 6.61 Å². The lowest BCUT2D eigenvalue weighted by atomic mass is 10.2. The Bertz CT molecular complexity index is 42.2. The minimum atomic E-state index is 0.107. The minimum absolute atomic E-state index is 0.107. The Hall–Kier alpha value is -0.0800. The Labute approximate surface area is 57.3 Å². The average molecular weight is 131 g/mol.